The number of amides is 1. The molecular weight excluding hydrogens is 290 g/mol. The summed E-state index contributed by atoms with van der Waals surface area (Å²) in [5.74, 6) is 0.0731. The molecule has 1 saturated heterocycles. The van der Waals surface area contributed by atoms with Crippen molar-refractivity contribution in [2.75, 3.05) is 24.6 Å². The number of pyridine rings is 1. The maximum atomic E-state index is 12.3. The van der Waals surface area contributed by atoms with Gasteiger partial charge in [-0.1, -0.05) is 6.07 Å². The number of carbonyl (C=O) groups is 1. The molecule has 0 bridgehead atoms. The topological polar surface area (TPSA) is 71.8 Å². The Labute approximate surface area is 123 Å². The largest absolute Gasteiger partial charge is 0.340 e. The average molecular weight is 307 g/mol. The Morgan fingerprint density at radius 2 is 2.05 bits per heavy atom. The van der Waals surface area contributed by atoms with Crippen molar-refractivity contribution in [1.82, 2.24) is 14.3 Å². The Kier molecular flexibility index (Phi) is 3.44. The molecule has 0 aromatic carbocycles. The van der Waals surface area contributed by atoms with Crippen LogP contribution in [0.3, 0.4) is 0 Å². The van der Waals surface area contributed by atoms with Gasteiger partial charge in [0.1, 0.15) is 5.65 Å². The summed E-state index contributed by atoms with van der Waals surface area (Å²) in [5, 5.41) is 0. The highest BCUT2D eigenvalue weighted by Crippen LogP contribution is 2.13. The molecule has 0 saturated carbocycles. The minimum atomic E-state index is -2.96. The molecule has 0 unspecified atom stereocenters. The van der Waals surface area contributed by atoms with Gasteiger partial charge in [-0.25, -0.2) is 13.4 Å². The van der Waals surface area contributed by atoms with Crippen LogP contribution in [-0.2, 0) is 21.1 Å². The zero-order valence-corrected chi connectivity index (χ0v) is 12.6. The van der Waals surface area contributed by atoms with Gasteiger partial charge in [0, 0.05) is 25.5 Å². The van der Waals surface area contributed by atoms with E-state index < -0.39 is 9.84 Å². The van der Waals surface area contributed by atoms with E-state index in [2.05, 4.69) is 4.98 Å². The summed E-state index contributed by atoms with van der Waals surface area (Å²) in [6, 6.07) is 3.90. The second-order valence-corrected chi connectivity index (χ2v) is 7.65. The van der Waals surface area contributed by atoms with Gasteiger partial charge in [0.2, 0.25) is 5.91 Å². The summed E-state index contributed by atoms with van der Waals surface area (Å²) in [4.78, 5) is 18.3. The first-order valence-corrected chi connectivity index (χ1v) is 8.68. The van der Waals surface area contributed by atoms with Crippen LogP contribution < -0.4 is 0 Å². The van der Waals surface area contributed by atoms with Crippen molar-refractivity contribution in [3.63, 3.8) is 0 Å². The van der Waals surface area contributed by atoms with Gasteiger partial charge in [-0.2, -0.15) is 0 Å². The van der Waals surface area contributed by atoms with Gasteiger partial charge in [0.05, 0.1) is 23.6 Å². The van der Waals surface area contributed by atoms with Crippen LogP contribution in [0.2, 0.25) is 0 Å². The number of aromatic nitrogens is 2. The molecule has 0 spiro atoms. The lowest BCUT2D eigenvalue weighted by atomic mass is 10.2. The van der Waals surface area contributed by atoms with Gasteiger partial charge >= 0.3 is 0 Å². The second kappa shape index (κ2) is 5.14. The van der Waals surface area contributed by atoms with Crippen LogP contribution in [0.25, 0.3) is 5.65 Å². The molecule has 7 heteroatoms. The van der Waals surface area contributed by atoms with Gasteiger partial charge in [-0.3, -0.25) is 4.79 Å². The molecule has 21 heavy (non-hydrogen) atoms. The molecule has 0 N–H and O–H groups in total. The standard InChI is InChI=1S/C14H17N3O3S/c1-11-3-2-4-17-12(10-15-14(11)17)9-13(18)16-5-7-21(19,20)8-6-16/h2-4,10H,5-9H2,1H3. The third kappa shape index (κ3) is 2.78. The number of imidazole rings is 1. The Hall–Kier alpha value is -1.89. The molecule has 0 radical (unpaired) electrons. The van der Waals surface area contributed by atoms with Crippen molar-refractivity contribution >= 4 is 21.4 Å². The summed E-state index contributed by atoms with van der Waals surface area (Å²) >= 11 is 0. The highest BCUT2D eigenvalue weighted by atomic mass is 32.2. The Balaban J connectivity index is 1.77. The lowest BCUT2D eigenvalue weighted by Crippen LogP contribution is -2.44. The summed E-state index contributed by atoms with van der Waals surface area (Å²) in [7, 11) is -2.96. The van der Waals surface area contributed by atoms with Crippen molar-refractivity contribution < 1.29 is 13.2 Å². The van der Waals surface area contributed by atoms with E-state index in [0.29, 0.717) is 0 Å². The van der Waals surface area contributed by atoms with E-state index in [-0.39, 0.29) is 36.9 Å². The van der Waals surface area contributed by atoms with Crippen molar-refractivity contribution in [1.29, 1.82) is 0 Å². The molecule has 2 aromatic rings. The number of hydrogen-bond donors (Lipinski definition) is 0. The normalized spacial score (nSPS) is 18.0. The number of nitrogens with zero attached hydrogens (tertiary/aromatic N) is 3. The fraction of sp³-hybridized carbons (Fsp3) is 0.429. The molecule has 0 atom stereocenters. The minimum Gasteiger partial charge on any atom is -0.340 e. The van der Waals surface area contributed by atoms with E-state index >= 15 is 0 Å². The number of carbonyl (C=O) groups excluding carboxylic acids is 1. The van der Waals surface area contributed by atoms with Crippen molar-refractivity contribution in [2.24, 2.45) is 0 Å². The van der Waals surface area contributed by atoms with Crippen LogP contribution in [0, 0.1) is 6.92 Å². The molecule has 3 rings (SSSR count). The van der Waals surface area contributed by atoms with Crippen LogP contribution in [0.15, 0.2) is 24.5 Å². The van der Waals surface area contributed by atoms with Crippen LogP contribution >= 0.6 is 0 Å². The number of fused-ring (bicyclic) bond motifs is 1. The molecule has 1 amide bonds. The van der Waals surface area contributed by atoms with Gasteiger partial charge in [0.25, 0.3) is 0 Å². The molecule has 3 heterocycles. The minimum absolute atomic E-state index is 0.0480. The first-order valence-electron chi connectivity index (χ1n) is 6.86. The zero-order valence-electron chi connectivity index (χ0n) is 11.8. The summed E-state index contributed by atoms with van der Waals surface area (Å²) < 4.78 is 24.7. The Morgan fingerprint density at radius 3 is 2.76 bits per heavy atom. The first kappa shape index (κ1) is 14.1. The smallest absolute Gasteiger partial charge is 0.228 e. The average Bonchev–Trinajstić information content (AvgIpc) is 2.83. The SMILES string of the molecule is Cc1cccn2c(CC(=O)N3CCS(=O)(=O)CC3)cnc12. The highest BCUT2D eigenvalue weighted by molar-refractivity contribution is 7.91. The van der Waals surface area contributed by atoms with Gasteiger partial charge in [-0.15, -0.1) is 0 Å². The molecule has 1 fully saturated rings. The fourth-order valence-corrected chi connectivity index (χ4v) is 3.76. The van der Waals surface area contributed by atoms with Crippen LogP contribution in [0.4, 0.5) is 0 Å². The molecule has 6 nitrogen and oxygen atoms in total. The summed E-state index contributed by atoms with van der Waals surface area (Å²) in [6.07, 6.45) is 3.84. The zero-order chi connectivity index (χ0) is 15.0. The van der Waals surface area contributed by atoms with E-state index in [1.165, 1.54) is 0 Å². The van der Waals surface area contributed by atoms with Gasteiger partial charge < -0.3 is 9.30 Å². The van der Waals surface area contributed by atoms with Crippen LogP contribution in [0.1, 0.15) is 11.3 Å². The Bertz CT molecular complexity index is 781. The predicted octanol–water partition coefficient (Wildman–Crippen LogP) is 0.442. The van der Waals surface area contributed by atoms with Gasteiger partial charge in [-0.05, 0) is 18.6 Å². The van der Waals surface area contributed by atoms with Gasteiger partial charge in [0.15, 0.2) is 9.84 Å². The van der Waals surface area contributed by atoms with E-state index in [4.69, 9.17) is 0 Å². The van der Waals surface area contributed by atoms with E-state index in [0.717, 1.165) is 16.9 Å². The molecular formula is C14H17N3O3S. The van der Waals surface area contributed by atoms with E-state index in [9.17, 15) is 13.2 Å². The third-order valence-corrected chi connectivity index (χ3v) is 5.45. The first-order chi connectivity index (χ1) is 9.96. The molecule has 112 valence electrons. The highest BCUT2D eigenvalue weighted by Gasteiger charge is 2.25. The summed E-state index contributed by atoms with van der Waals surface area (Å²) in [5.41, 5.74) is 2.73. The molecule has 0 aliphatic carbocycles. The summed E-state index contributed by atoms with van der Waals surface area (Å²) in [6.45, 7) is 2.55. The maximum Gasteiger partial charge on any atom is 0.228 e. The molecule has 1 aliphatic heterocycles. The molecule has 2 aromatic heterocycles. The molecule has 1 aliphatic rings. The number of rotatable bonds is 2. The van der Waals surface area contributed by atoms with E-state index in [1.807, 2.05) is 29.7 Å². The van der Waals surface area contributed by atoms with Crippen LogP contribution in [0.5, 0.6) is 0 Å². The van der Waals surface area contributed by atoms with Crippen molar-refractivity contribution in [2.45, 2.75) is 13.3 Å². The Morgan fingerprint density at radius 1 is 1.33 bits per heavy atom. The second-order valence-electron chi connectivity index (χ2n) is 5.34. The fourth-order valence-electron chi connectivity index (χ4n) is 2.56. The predicted molar refractivity (Wildman–Crippen MR) is 78.9 cm³/mol. The van der Waals surface area contributed by atoms with Crippen molar-refractivity contribution in [3.05, 3.63) is 35.8 Å². The lowest BCUT2D eigenvalue weighted by Gasteiger charge is -2.26. The van der Waals surface area contributed by atoms with Crippen LogP contribution in [-0.4, -0.2) is 53.2 Å². The van der Waals surface area contributed by atoms with E-state index in [1.54, 1.807) is 11.1 Å². The quantitative estimate of drug-likeness (QED) is 0.807. The number of sulfone groups is 1. The van der Waals surface area contributed by atoms with Crippen molar-refractivity contribution in [3.8, 4) is 0 Å². The monoisotopic (exact) mass is 307 g/mol. The third-order valence-electron chi connectivity index (χ3n) is 3.84. The number of aryl methyl sites for hydroxylation is 1. The maximum absolute atomic E-state index is 12.3. The lowest BCUT2D eigenvalue weighted by molar-refractivity contribution is -0.130. The number of hydrogen-bond acceptors (Lipinski definition) is 4.